The summed E-state index contributed by atoms with van der Waals surface area (Å²) in [6.45, 7) is 0. The molecule has 0 bridgehead atoms. The van der Waals surface area contributed by atoms with Crippen molar-refractivity contribution in [2.75, 3.05) is 5.32 Å². The van der Waals surface area contributed by atoms with Crippen molar-refractivity contribution in [1.29, 1.82) is 0 Å². The number of nitrogens with zero attached hydrogens (tertiary/aromatic N) is 1. The van der Waals surface area contributed by atoms with Crippen LogP contribution >= 0.6 is 11.3 Å². The molecule has 2 aliphatic rings. The molecule has 2 aromatic heterocycles. The molecule has 1 aliphatic carbocycles. The maximum absolute atomic E-state index is 5.78. The molecule has 0 saturated heterocycles. The van der Waals surface area contributed by atoms with Gasteiger partial charge in [0.25, 0.3) is 0 Å². The Bertz CT molecular complexity index is 1160. The number of anilines is 1. The first-order chi connectivity index (χ1) is 14.9. The van der Waals surface area contributed by atoms with Crippen LogP contribution in [-0.2, 0) is 9.47 Å². The predicted octanol–water partition coefficient (Wildman–Crippen LogP) is 6.77. The van der Waals surface area contributed by atoms with Crippen LogP contribution in [0.15, 0.2) is 96.3 Å². The Hall–Kier alpha value is -3.31. The molecule has 0 spiro atoms. The van der Waals surface area contributed by atoms with Gasteiger partial charge in [-0.15, -0.1) is 11.3 Å². The topological polar surface area (TPSA) is 43.4 Å². The number of benzene rings is 1. The highest BCUT2D eigenvalue weighted by molar-refractivity contribution is 7.17. The lowest BCUT2D eigenvalue weighted by Gasteiger charge is -2.24. The van der Waals surface area contributed by atoms with Crippen molar-refractivity contribution < 1.29 is 9.47 Å². The molecular formula is C25H22N2O2S. The molecule has 1 unspecified atom stereocenters. The van der Waals surface area contributed by atoms with Crippen molar-refractivity contribution in [3.8, 4) is 11.1 Å². The molecule has 150 valence electrons. The molecule has 0 amide bonds. The van der Waals surface area contributed by atoms with Crippen LogP contribution in [0.3, 0.4) is 0 Å². The van der Waals surface area contributed by atoms with Gasteiger partial charge in [0.1, 0.15) is 24.6 Å². The minimum Gasteiger partial charge on any atom is -0.466 e. The molecule has 0 saturated carbocycles. The number of nitrogens with one attached hydrogen (secondary N) is 1. The van der Waals surface area contributed by atoms with E-state index in [0.29, 0.717) is 0 Å². The van der Waals surface area contributed by atoms with Crippen molar-refractivity contribution in [1.82, 2.24) is 4.98 Å². The summed E-state index contributed by atoms with van der Waals surface area (Å²) in [5, 5.41) is 7.01. The van der Waals surface area contributed by atoms with E-state index in [-0.39, 0.29) is 6.04 Å². The van der Waals surface area contributed by atoms with Crippen LogP contribution in [0.4, 0.5) is 5.82 Å². The van der Waals surface area contributed by atoms with Gasteiger partial charge in [-0.25, -0.2) is 4.98 Å². The summed E-state index contributed by atoms with van der Waals surface area (Å²) in [7, 11) is 0. The quantitative estimate of drug-likeness (QED) is 0.483. The second-order valence-electron chi connectivity index (χ2n) is 7.29. The first-order valence-corrected chi connectivity index (χ1v) is 11.0. The van der Waals surface area contributed by atoms with Crippen LogP contribution in [0.5, 0.6) is 0 Å². The molecule has 0 fully saturated rings. The molecule has 30 heavy (non-hydrogen) atoms. The standard InChI is InChI=1S/C25H22N2O2S/c1-3-7-18(8-4-1)15-21(22-16-28-13-14-29-22)27-25-24-20(19-9-5-2-6-10-19)17-30-23(24)11-12-26-25/h1-3,5-7,9-14,16-17,21H,4,8,15H2,(H,26,27). The summed E-state index contributed by atoms with van der Waals surface area (Å²) in [6, 6.07) is 12.5. The van der Waals surface area contributed by atoms with Gasteiger partial charge in [0.05, 0.1) is 6.04 Å². The second kappa shape index (κ2) is 8.59. The van der Waals surface area contributed by atoms with Crippen LogP contribution in [0.2, 0.25) is 0 Å². The maximum atomic E-state index is 5.78. The number of hydrogen-bond acceptors (Lipinski definition) is 5. The second-order valence-corrected chi connectivity index (χ2v) is 8.20. The number of hydrogen-bond donors (Lipinski definition) is 1. The normalized spacial score (nSPS) is 16.4. The summed E-state index contributed by atoms with van der Waals surface area (Å²) >= 11 is 1.74. The van der Waals surface area contributed by atoms with Crippen molar-refractivity contribution in [3.63, 3.8) is 0 Å². The number of ether oxygens (including phenoxy) is 2. The van der Waals surface area contributed by atoms with Gasteiger partial charge in [0.15, 0.2) is 5.76 Å². The Morgan fingerprint density at radius 2 is 2.07 bits per heavy atom. The molecule has 1 atom stereocenters. The molecular weight excluding hydrogens is 392 g/mol. The van der Waals surface area contributed by atoms with E-state index < -0.39 is 0 Å². The molecule has 1 N–H and O–H groups in total. The van der Waals surface area contributed by atoms with Gasteiger partial charge >= 0.3 is 0 Å². The first kappa shape index (κ1) is 18.7. The van der Waals surface area contributed by atoms with Crippen LogP contribution in [0, 0.1) is 0 Å². The van der Waals surface area contributed by atoms with Crippen LogP contribution in [0.25, 0.3) is 21.2 Å². The van der Waals surface area contributed by atoms with E-state index >= 15 is 0 Å². The van der Waals surface area contributed by atoms with Gasteiger partial charge < -0.3 is 14.8 Å². The molecule has 5 rings (SSSR count). The number of rotatable bonds is 6. The minimum absolute atomic E-state index is 0.0747. The fourth-order valence-corrected chi connectivity index (χ4v) is 4.80. The average molecular weight is 415 g/mol. The van der Waals surface area contributed by atoms with E-state index in [2.05, 4.69) is 59.3 Å². The van der Waals surface area contributed by atoms with E-state index in [1.807, 2.05) is 12.3 Å². The number of thiophene rings is 1. The Balaban J connectivity index is 1.52. The maximum Gasteiger partial charge on any atom is 0.161 e. The van der Waals surface area contributed by atoms with Crippen molar-refractivity contribution in [2.45, 2.75) is 25.3 Å². The lowest BCUT2D eigenvalue weighted by atomic mass is 9.97. The van der Waals surface area contributed by atoms with Crippen LogP contribution in [0.1, 0.15) is 19.3 Å². The van der Waals surface area contributed by atoms with E-state index in [4.69, 9.17) is 14.5 Å². The summed E-state index contributed by atoms with van der Waals surface area (Å²) in [6.07, 6.45) is 16.1. The predicted molar refractivity (Wildman–Crippen MR) is 123 cm³/mol. The zero-order chi connectivity index (χ0) is 20.2. The Labute approximate surface area is 179 Å². The lowest BCUT2D eigenvalue weighted by Crippen LogP contribution is -2.25. The Kier molecular flexibility index (Phi) is 5.36. The van der Waals surface area contributed by atoms with E-state index in [9.17, 15) is 0 Å². The van der Waals surface area contributed by atoms with Crippen molar-refractivity contribution >= 4 is 27.2 Å². The third-order valence-electron chi connectivity index (χ3n) is 5.31. The third-order valence-corrected chi connectivity index (χ3v) is 6.26. The molecule has 3 aromatic rings. The largest absolute Gasteiger partial charge is 0.466 e. The Morgan fingerprint density at radius 1 is 1.13 bits per heavy atom. The van der Waals surface area contributed by atoms with E-state index in [1.54, 1.807) is 23.9 Å². The average Bonchev–Trinajstić information content (AvgIpc) is 3.26. The van der Waals surface area contributed by atoms with Crippen molar-refractivity contribution in [2.24, 2.45) is 0 Å². The fraction of sp³-hybridized carbons (Fsp3) is 0.160. The van der Waals surface area contributed by atoms with Gasteiger partial charge in [0, 0.05) is 21.8 Å². The molecule has 0 radical (unpaired) electrons. The molecule has 1 aliphatic heterocycles. The zero-order valence-corrected chi connectivity index (χ0v) is 17.3. The third kappa shape index (κ3) is 3.89. The van der Waals surface area contributed by atoms with Crippen LogP contribution < -0.4 is 5.32 Å². The highest BCUT2D eigenvalue weighted by Crippen LogP contribution is 2.38. The zero-order valence-electron chi connectivity index (χ0n) is 16.5. The monoisotopic (exact) mass is 414 g/mol. The number of allylic oxidation sites excluding steroid dienone is 3. The number of fused-ring (bicyclic) bond motifs is 1. The minimum atomic E-state index is -0.0747. The van der Waals surface area contributed by atoms with Crippen LogP contribution in [-0.4, -0.2) is 11.0 Å². The summed E-state index contributed by atoms with van der Waals surface area (Å²) in [5.74, 6) is 1.62. The van der Waals surface area contributed by atoms with Crippen molar-refractivity contribution in [3.05, 3.63) is 96.3 Å². The van der Waals surface area contributed by atoms with E-state index in [1.165, 1.54) is 27.7 Å². The molecule has 5 heteroatoms. The van der Waals surface area contributed by atoms with Gasteiger partial charge in [-0.2, -0.15) is 0 Å². The summed E-state index contributed by atoms with van der Waals surface area (Å²) in [5.41, 5.74) is 3.77. The van der Waals surface area contributed by atoms with Gasteiger partial charge in [-0.3, -0.25) is 0 Å². The highest BCUT2D eigenvalue weighted by atomic mass is 32.1. The summed E-state index contributed by atoms with van der Waals surface area (Å²) < 4.78 is 12.4. The lowest BCUT2D eigenvalue weighted by molar-refractivity contribution is 0.240. The molecule has 4 nitrogen and oxygen atoms in total. The van der Waals surface area contributed by atoms with Gasteiger partial charge in [-0.1, -0.05) is 54.1 Å². The number of aromatic nitrogens is 1. The van der Waals surface area contributed by atoms with Gasteiger partial charge in [0.2, 0.25) is 0 Å². The molecule has 3 heterocycles. The van der Waals surface area contributed by atoms with Gasteiger partial charge in [-0.05, 0) is 36.3 Å². The summed E-state index contributed by atoms with van der Waals surface area (Å²) in [4.78, 5) is 4.71. The first-order valence-electron chi connectivity index (χ1n) is 10.1. The molecule has 1 aromatic carbocycles. The highest BCUT2D eigenvalue weighted by Gasteiger charge is 2.22. The van der Waals surface area contributed by atoms with E-state index in [0.717, 1.165) is 36.2 Å². The fourth-order valence-electron chi connectivity index (χ4n) is 3.83. The number of pyridine rings is 1. The smallest absolute Gasteiger partial charge is 0.161 e. The SMILES string of the molecule is C1=CCCC(CC(Nc2nccc3scc(-c4ccccc4)c23)C2=COC=CO2)=C1. The Morgan fingerprint density at radius 3 is 2.87 bits per heavy atom.